The standard InChI is InChI=1S/C22H18ClN3O3/c1-13-16(7-4-8-19(13)24)21(25)26-29-22(28)18-6-3-2-5-17(18)20(27)14-9-11-15(23)12-10-14/h2-12H,24H2,1H3,(H2,25,26). The van der Waals surface area contributed by atoms with Crippen molar-refractivity contribution in [1.82, 2.24) is 0 Å². The van der Waals surface area contributed by atoms with Crippen molar-refractivity contribution in [2.24, 2.45) is 10.9 Å². The number of carbonyl (C=O) groups is 2. The lowest BCUT2D eigenvalue weighted by molar-refractivity contribution is 0.0513. The summed E-state index contributed by atoms with van der Waals surface area (Å²) >= 11 is 5.87. The van der Waals surface area contributed by atoms with Crippen LogP contribution in [0.4, 0.5) is 5.69 Å². The molecule has 0 amide bonds. The van der Waals surface area contributed by atoms with Crippen LogP contribution in [0.15, 0.2) is 71.9 Å². The van der Waals surface area contributed by atoms with Crippen molar-refractivity contribution in [3.05, 3.63) is 99.6 Å². The highest BCUT2D eigenvalue weighted by Gasteiger charge is 2.19. The smallest absolute Gasteiger partial charge is 0.366 e. The number of amidine groups is 1. The number of benzene rings is 3. The lowest BCUT2D eigenvalue weighted by Crippen LogP contribution is -2.18. The molecule has 0 atom stereocenters. The van der Waals surface area contributed by atoms with Gasteiger partial charge in [-0.1, -0.05) is 47.1 Å². The zero-order chi connectivity index (χ0) is 21.0. The highest BCUT2D eigenvalue weighted by Crippen LogP contribution is 2.19. The molecule has 3 aromatic rings. The van der Waals surface area contributed by atoms with Gasteiger partial charge in [0, 0.05) is 27.4 Å². The SMILES string of the molecule is Cc1c(N)cccc1/C(N)=N/OC(=O)c1ccccc1C(=O)c1ccc(Cl)cc1. The first-order valence-electron chi connectivity index (χ1n) is 8.68. The Morgan fingerprint density at radius 1 is 0.897 bits per heavy atom. The summed E-state index contributed by atoms with van der Waals surface area (Å²) in [7, 11) is 0. The van der Waals surface area contributed by atoms with Crippen molar-refractivity contribution in [3.63, 3.8) is 0 Å². The molecule has 0 spiro atoms. The van der Waals surface area contributed by atoms with Gasteiger partial charge in [-0.25, -0.2) is 4.79 Å². The minimum Gasteiger partial charge on any atom is -0.398 e. The maximum atomic E-state index is 12.8. The Morgan fingerprint density at radius 2 is 1.52 bits per heavy atom. The Kier molecular flexibility index (Phi) is 5.95. The molecule has 0 aromatic heterocycles. The second-order valence-electron chi connectivity index (χ2n) is 6.26. The molecule has 0 heterocycles. The van der Waals surface area contributed by atoms with E-state index in [2.05, 4.69) is 5.16 Å². The Hall–Kier alpha value is -3.64. The summed E-state index contributed by atoms with van der Waals surface area (Å²) in [4.78, 5) is 30.4. The number of oxime groups is 1. The van der Waals surface area contributed by atoms with Crippen LogP contribution in [-0.4, -0.2) is 17.6 Å². The van der Waals surface area contributed by atoms with Crippen LogP contribution in [0.1, 0.15) is 37.4 Å². The van der Waals surface area contributed by atoms with E-state index in [1.807, 2.05) is 0 Å². The van der Waals surface area contributed by atoms with Gasteiger partial charge in [0.2, 0.25) is 0 Å². The quantitative estimate of drug-likeness (QED) is 0.166. The molecule has 0 saturated heterocycles. The van der Waals surface area contributed by atoms with Gasteiger partial charge in [0.25, 0.3) is 0 Å². The van der Waals surface area contributed by atoms with Crippen LogP contribution in [0.5, 0.6) is 0 Å². The minimum absolute atomic E-state index is 0.00431. The fourth-order valence-corrected chi connectivity index (χ4v) is 2.86. The largest absolute Gasteiger partial charge is 0.398 e. The number of nitrogens with zero attached hydrogens (tertiary/aromatic N) is 1. The highest BCUT2D eigenvalue weighted by atomic mass is 35.5. The van der Waals surface area contributed by atoms with Crippen molar-refractivity contribution in [3.8, 4) is 0 Å². The normalized spacial score (nSPS) is 11.2. The summed E-state index contributed by atoms with van der Waals surface area (Å²) in [6, 6.07) is 17.9. The third-order valence-electron chi connectivity index (χ3n) is 4.38. The first-order chi connectivity index (χ1) is 13.9. The molecule has 0 aliphatic carbocycles. The number of hydrogen-bond donors (Lipinski definition) is 2. The van der Waals surface area contributed by atoms with Crippen molar-refractivity contribution in [1.29, 1.82) is 0 Å². The van der Waals surface area contributed by atoms with Crippen LogP contribution in [0, 0.1) is 6.92 Å². The van der Waals surface area contributed by atoms with Crippen LogP contribution >= 0.6 is 11.6 Å². The number of ketones is 1. The Bertz CT molecular complexity index is 1110. The van der Waals surface area contributed by atoms with Crippen molar-refractivity contribution in [2.45, 2.75) is 6.92 Å². The molecule has 4 N–H and O–H groups in total. The van der Waals surface area contributed by atoms with E-state index in [0.29, 0.717) is 21.8 Å². The topological polar surface area (TPSA) is 108 Å². The maximum absolute atomic E-state index is 12.8. The highest BCUT2D eigenvalue weighted by molar-refractivity contribution is 6.30. The number of carbonyl (C=O) groups excluding carboxylic acids is 2. The summed E-state index contributed by atoms with van der Waals surface area (Å²) in [6.07, 6.45) is 0. The monoisotopic (exact) mass is 407 g/mol. The van der Waals surface area contributed by atoms with E-state index in [0.717, 1.165) is 5.56 Å². The van der Waals surface area contributed by atoms with Gasteiger partial charge in [0.1, 0.15) is 0 Å². The summed E-state index contributed by atoms with van der Waals surface area (Å²) < 4.78 is 0. The molecule has 3 rings (SSSR count). The molecule has 0 bridgehead atoms. The van der Waals surface area contributed by atoms with Crippen molar-refractivity contribution < 1.29 is 14.4 Å². The summed E-state index contributed by atoms with van der Waals surface area (Å²) in [5.74, 6) is -1.13. The van der Waals surface area contributed by atoms with E-state index in [4.69, 9.17) is 27.9 Å². The van der Waals surface area contributed by atoms with Crippen LogP contribution in [-0.2, 0) is 4.84 Å². The molecule has 7 heteroatoms. The van der Waals surface area contributed by atoms with Gasteiger partial charge in [0.05, 0.1) is 5.56 Å². The van der Waals surface area contributed by atoms with Crippen LogP contribution in [0.2, 0.25) is 5.02 Å². The maximum Gasteiger partial charge on any atom is 0.366 e. The fraction of sp³-hybridized carbons (Fsp3) is 0.0455. The molecule has 29 heavy (non-hydrogen) atoms. The average Bonchev–Trinajstić information content (AvgIpc) is 2.73. The van der Waals surface area contributed by atoms with E-state index in [9.17, 15) is 9.59 Å². The minimum atomic E-state index is -0.799. The first kappa shape index (κ1) is 20.1. The lowest BCUT2D eigenvalue weighted by Gasteiger charge is -2.08. The second-order valence-corrected chi connectivity index (χ2v) is 6.69. The van der Waals surface area contributed by atoms with Gasteiger partial charge < -0.3 is 16.3 Å². The van der Waals surface area contributed by atoms with Gasteiger partial charge in [-0.2, -0.15) is 0 Å². The summed E-state index contributed by atoms with van der Waals surface area (Å²) in [5.41, 5.74) is 14.3. The van der Waals surface area contributed by atoms with Gasteiger partial charge in [-0.3, -0.25) is 4.79 Å². The number of halogens is 1. The first-order valence-corrected chi connectivity index (χ1v) is 9.06. The van der Waals surface area contributed by atoms with Crippen molar-refractivity contribution >= 4 is 34.9 Å². The summed E-state index contributed by atoms with van der Waals surface area (Å²) in [5, 5.41) is 4.23. The van der Waals surface area contributed by atoms with E-state index >= 15 is 0 Å². The van der Waals surface area contributed by atoms with Gasteiger partial charge in [0.15, 0.2) is 11.6 Å². The molecule has 146 valence electrons. The predicted octanol–water partition coefficient (Wildman–Crippen LogP) is 3.94. The Balaban J connectivity index is 1.86. The Morgan fingerprint density at radius 3 is 2.21 bits per heavy atom. The molecule has 0 aliphatic rings. The number of anilines is 1. The lowest BCUT2D eigenvalue weighted by atomic mass is 9.98. The third-order valence-corrected chi connectivity index (χ3v) is 4.63. The van der Waals surface area contributed by atoms with Crippen molar-refractivity contribution in [2.75, 3.05) is 5.73 Å². The van der Waals surface area contributed by atoms with E-state index < -0.39 is 5.97 Å². The molecular weight excluding hydrogens is 390 g/mol. The number of nitrogens with two attached hydrogens (primary N) is 2. The molecule has 0 radical (unpaired) electrons. The zero-order valence-electron chi connectivity index (χ0n) is 15.6. The third kappa shape index (κ3) is 4.44. The number of hydrogen-bond acceptors (Lipinski definition) is 5. The van der Waals surface area contributed by atoms with Crippen LogP contribution in [0.3, 0.4) is 0 Å². The number of rotatable bonds is 5. The molecule has 3 aromatic carbocycles. The molecule has 6 nitrogen and oxygen atoms in total. The number of nitrogen functional groups attached to an aromatic ring is 1. The summed E-state index contributed by atoms with van der Waals surface area (Å²) in [6.45, 7) is 1.79. The van der Waals surface area contributed by atoms with Gasteiger partial charge in [-0.15, -0.1) is 0 Å². The predicted molar refractivity (Wildman–Crippen MR) is 113 cm³/mol. The average molecular weight is 408 g/mol. The second kappa shape index (κ2) is 8.58. The van der Waals surface area contributed by atoms with Crippen LogP contribution < -0.4 is 11.5 Å². The molecule has 0 saturated carbocycles. The zero-order valence-corrected chi connectivity index (χ0v) is 16.3. The molecule has 0 aliphatic heterocycles. The fourth-order valence-electron chi connectivity index (χ4n) is 2.74. The van der Waals surface area contributed by atoms with E-state index in [1.54, 1.807) is 67.6 Å². The van der Waals surface area contributed by atoms with E-state index in [-0.39, 0.29) is 22.7 Å². The van der Waals surface area contributed by atoms with Crippen LogP contribution in [0.25, 0.3) is 0 Å². The Labute approximate surface area is 172 Å². The van der Waals surface area contributed by atoms with Gasteiger partial charge in [-0.05, 0) is 48.9 Å². The molecular formula is C22H18ClN3O3. The van der Waals surface area contributed by atoms with Gasteiger partial charge >= 0.3 is 5.97 Å². The molecule has 0 fully saturated rings. The van der Waals surface area contributed by atoms with E-state index in [1.165, 1.54) is 6.07 Å². The molecule has 0 unspecified atom stereocenters.